The van der Waals surface area contributed by atoms with Crippen LogP contribution in [0.5, 0.6) is 17.2 Å². The van der Waals surface area contributed by atoms with Gasteiger partial charge in [-0.1, -0.05) is 39.0 Å². The second-order valence-corrected chi connectivity index (χ2v) is 9.33. The van der Waals surface area contributed by atoms with E-state index in [9.17, 15) is 9.59 Å². The van der Waals surface area contributed by atoms with Gasteiger partial charge >= 0.3 is 11.6 Å². The first-order chi connectivity index (χ1) is 16.6. The van der Waals surface area contributed by atoms with E-state index in [2.05, 4.69) is 20.8 Å². The third-order valence-electron chi connectivity index (χ3n) is 6.01. The summed E-state index contributed by atoms with van der Waals surface area (Å²) in [7, 11) is 3.09. The fraction of sp³-hybridized carbons (Fsp3) is 0.241. The minimum atomic E-state index is -0.467. The zero-order chi connectivity index (χ0) is 25.3. The molecule has 0 saturated carbocycles. The largest absolute Gasteiger partial charge is 0.493 e. The van der Waals surface area contributed by atoms with Gasteiger partial charge in [0.2, 0.25) is 0 Å². The van der Waals surface area contributed by atoms with Crippen LogP contribution in [0.2, 0.25) is 0 Å². The number of fused-ring (bicyclic) bond motifs is 1. The van der Waals surface area contributed by atoms with Gasteiger partial charge in [-0.2, -0.15) is 0 Å². The molecule has 0 amide bonds. The number of aryl methyl sites for hydroxylation is 1. The number of carbonyl (C=O) groups excluding carboxylic acids is 1. The van der Waals surface area contributed by atoms with Crippen LogP contribution < -0.4 is 19.8 Å². The van der Waals surface area contributed by atoms with Crippen molar-refractivity contribution in [2.45, 2.75) is 33.1 Å². The number of esters is 1. The molecule has 0 bridgehead atoms. The number of rotatable bonds is 5. The summed E-state index contributed by atoms with van der Waals surface area (Å²) in [6.07, 6.45) is 0. The molecule has 3 aromatic carbocycles. The summed E-state index contributed by atoms with van der Waals surface area (Å²) in [6.45, 7) is 8.19. The van der Waals surface area contributed by atoms with Crippen molar-refractivity contribution in [3.05, 3.63) is 87.8 Å². The number of carbonyl (C=O) groups is 1. The van der Waals surface area contributed by atoms with Gasteiger partial charge in [-0.15, -0.1) is 0 Å². The number of benzene rings is 3. The molecule has 0 saturated heterocycles. The van der Waals surface area contributed by atoms with Crippen LogP contribution in [0.4, 0.5) is 0 Å². The molecule has 0 aliphatic heterocycles. The van der Waals surface area contributed by atoms with Crippen LogP contribution in [-0.2, 0) is 5.41 Å². The summed E-state index contributed by atoms with van der Waals surface area (Å²) in [5.41, 5.74) is 3.27. The molecule has 1 aromatic heterocycles. The van der Waals surface area contributed by atoms with Gasteiger partial charge in [-0.3, -0.25) is 0 Å². The van der Waals surface area contributed by atoms with E-state index in [-0.39, 0.29) is 5.41 Å². The van der Waals surface area contributed by atoms with Crippen LogP contribution in [0.3, 0.4) is 0 Å². The monoisotopic (exact) mass is 472 g/mol. The van der Waals surface area contributed by atoms with Crippen LogP contribution in [0.15, 0.2) is 69.9 Å². The maximum atomic E-state index is 12.8. The van der Waals surface area contributed by atoms with E-state index >= 15 is 0 Å². The number of ether oxygens (including phenoxy) is 3. The minimum absolute atomic E-state index is 0.00612. The highest BCUT2D eigenvalue weighted by Gasteiger charge is 2.18. The molecule has 6 heteroatoms. The summed E-state index contributed by atoms with van der Waals surface area (Å²) < 4.78 is 21.9. The Morgan fingerprint density at radius 2 is 1.54 bits per heavy atom. The minimum Gasteiger partial charge on any atom is -0.493 e. The van der Waals surface area contributed by atoms with Crippen LogP contribution in [-0.4, -0.2) is 20.2 Å². The van der Waals surface area contributed by atoms with Gasteiger partial charge in [0, 0.05) is 5.39 Å². The molecule has 0 spiro atoms. The second-order valence-electron chi connectivity index (χ2n) is 9.33. The fourth-order valence-electron chi connectivity index (χ4n) is 3.99. The summed E-state index contributed by atoms with van der Waals surface area (Å²) >= 11 is 0. The standard InChI is InChI=1S/C29H28O6/c1-17-22-16-21(34-27(30)18-7-10-20(11-8-18)29(2,3)4)12-14-23(22)35-28(31)26(17)19-9-13-24(32-5)25(15-19)33-6/h7-16H,1-6H3. The molecule has 35 heavy (non-hydrogen) atoms. The molecular formula is C29H28O6. The summed E-state index contributed by atoms with van der Waals surface area (Å²) in [5, 5.41) is 0.669. The highest BCUT2D eigenvalue weighted by molar-refractivity contribution is 5.93. The van der Waals surface area contributed by atoms with Crippen molar-refractivity contribution >= 4 is 16.9 Å². The fourth-order valence-corrected chi connectivity index (χ4v) is 3.99. The van der Waals surface area contributed by atoms with E-state index in [1.165, 1.54) is 7.11 Å². The Bertz CT molecular complexity index is 1460. The van der Waals surface area contributed by atoms with Crippen molar-refractivity contribution in [3.63, 3.8) is 0 Å². The molecule has 4 rings (SSSR count). The normalized spacial score (nSPS) is 11.4. The Morgan fingerprint density at radius 3 is 2.17 bits per heavy atom. The van der Waals surface area contributed by atoms with Crippen molar-refractivity contribution in [1.82, 2.24) is 0 Å². The van der Waals surface area contributed by atoms with Gasteiger partial charge < -0.3 is 18.6 Å². The zero-order valence-corrected chi connectivity index (χ0v) is 20.7. The summed E-state index contributed by atoms with van der Waals surface area (Å²) in [4.78, 5) is 25.6. The lowest BCUT2D eigenvalue weighted by Crippen LogP contribution is -2.13. The van der Waals surface area contributed by atoms with Crippen LogP contribution >= 0.6 is 0 Å². The summed E-state index contributed by atoms with van der Waals surface area (Å²) in [6, 6.07) is 17.6. The second kappa shape index (κ2) is 9.29. The maximum Gasteiger partial charge on any atom is 0.344 e. The first-order valence-corrected chi connectivity index (χ1v) is 11.2. The lowest BCUT2D eigenvalue weighted by molar-refractivity contribution is 0.0735. The lowest BCUT2D eigenvalue weighted by Gasteiger charge is -2.18. The molecule has 0 N–H and O–H groups in total. The van der Waals surface area contributed by atoms with Crippen LogP contribution in [0.25, 0.3) is 22.1 Å². The highest BCUT2D eigenvalue weighted by Crippen LogP contribution is 2.35. The van der Waals surface area contributed by atoms with Crippen LogP contribution in [0, 0.1) is 6.92 Å². The molecule has 0 radical (unpaired) electrons. The lowest BCUT2D eigenvalue weighted by atomic mass is 9.87. The topological polar surface area (TPSA) is 75.0 Å². The van der Waals surface area contributed by atoms with Gasteiger partial charge in [0.25, 0.3) is 0 Å². The van der Waals surface area contributed by atoms with Crippen molar-refractivity contribution in [2.75, 3.05) is 14.2 Å². The first kappa shape index (κ1) is 24.1. The quantitative estimate of drug-likeness (QED) is 0.193. The average molecular weight is 473 g/mol. The van der Waals surface area contributed by atoms with Crippen LogP contribution in [0.1, 0.15) is 42.3 Å². The molecule has 0 aliphatic carbocycles. The van der Waals surface area contributed by atoms with Gasteiger partial charge in [0.05, 0.1) is 25.3 Å². The third-order valence-corrected chi connectivity index (χ3v) is 6.01. The van der Waals surface area contributed by atoms with E-state index in [0.29, 0.717) is 50.5 Å². The number of hydrogen-bond acceptors (Lipinski definition) is 6. The molecule has 1 heterocycles. The van der Waals surface area contributed by atoms with Crippen molar-refractivity contribution in [3.8, 4) is 28.4 Å². The molecule has 0 atom stereocenters. The number of hydrogen-bond donors (Lipinski definition) is 0. The molecule has 4 aromatic rings. The Hall–Kier alpha value is -4.06. The Labute approximate surface area is 204 Å². The third kappa shape index (κ3) is 4.78. The predicted molar refractivity (Wildman–Crippen MR) is 136 cm³/mol. The highest BCUT2D eigenvalue weighted by atomic mass is 16.5. The SMILES string of the molecule is COc1ccc(-c2c(C)c3cc(OC(=O)c4ccc(C(C)(C)C)cc4)ccc3oc2=O)cc1OC. The van der Waals surface area contributed by atoms with Gasteiger partial charge in [0.1, 0.15) is 11.3 Å². The first-order valence-electron chi connectivity index (χ1n) is 11.2. The predicted octanol–water partition coefficient (Wildman–Crippen LogP) is 6.30. The van der Waals surface area contributed by atoms with E-state index in [0.717, 1.165) is 5.56 Å². The van der Waals surface area contributed by atoms with E-state index in [1.54, 1.807) is 55.6 Å². The van der Waals surface area contributed by atoms with Crippen molar-refractivity contribution < 1.29 is 23.4 Å². The Morgan fingerprint density at radius 1 is 0.857 bits per heavy atom. The number of methoxy groups -OCH3 is 2. The summed E-state index contributed by atoms with van der Waals surface area (Å²) in [5.74, 6) is 0.963. The van der Waals surface area contributed by atoms with Crippen molar-refractivity contribution in [1.29, 1.82) is 0 Å². The molecule has 180 valence electrons. The average Bonchev–Trinajstić information content (AvgIpc) is 2.83. The van der Waals surface area contributed by atoms with Gasteiger partial charge in [-0.25, -0.2) is 9.59 Å². The molecule has 6 nitrogen and oxygen atoms in total. The van der Waals surface area contributed by atoms with Crippen molar-refractivity contribution in [2.24, 2.45) is 0 Å². The van der Waals surface area contributed by atoms with E-state index in [1.807, 2.05) is 19.1 Å². The molecule has 0 unspecified atom stereocenters. The smallest absolute Gasteiger partial charge is 0.344 e. The Balaban J connectivity index is 1.70. The Kier molecular flexibility index (Phi) is 6.39. The molecular weight excluding hydrogens is 444 g/mol. The van der Waals surface area contributed by atoms with E-state index in [4.69, 9.17) is 18.6 Å². The van der Waals surface area contributed by atoms with Gasteiger partial charge in [0.15, 0.2) is 11.5 Å². The maximum absolute atomic E-state index is 12.8. The zero-order valence-electron chi connectivity index (χ0n) is 20.7. The van der Waals surface area contributed by atoms with E-state index < -0.39 is 11.6 Å². The molecule has 0 fully saturated rings. The molecule has 0 aliphatic rings. The van der Waals surface area contributed by atoms with Gasteiger partial charge in [-0.05, 0) is 71.5 Å².